The van der Waals surface area contributed by atoms with Crippen LogP contribution in [-0.4, -0.2) is 27.1 Å². The molecule has 1 saturated carbocycles. The highest BCUT2D eigenvalue weighted by Crippen LogP contribution is 2.33. The maximum absolute atomic E-state index is 11.2. The molecule has 122 valence electrons. The number of carbonyl (C=O) groups excluding carboxylic acids is 1. The second-order valence-corrected chi connectivity index (χ2v) is 5.88. The number of hydrogen-bond acceptors (Lipinski definition) is 4. The summed E-state index contributed by atoms with van der Waals surface area (Å²) < 4.78 is 16.5. The second-order valence-electron chi connectivity index (χ2n) is 5.88. The Hall–Kier alpha value is -1.71. The van der Waals surface area contributed by atoms with Crippen molar-refractivity contribution in [2.45, 2.75) is 44.9 Å². The summed E-state index contributed by atoms with van der Waals surface area (Å²) in [6, 6.07) is 3.52. The zero-order valence-corrected chi connectivity index (χ0v) is 13.6. The van der Waals surface area contributed by atoms with Crippen molar-refractivity contribution in [3.05, 3.63) is 17.7 Å². The first kappa shape index (κ1) is 16.7. The third-order valence-electron chi connectivity index (χ3n) is 4.35. The van der Waals surface area contributed by atoms with E-state index in [0.717, 1.165) is 6.29 Å². The van der Waals surface area contributed by atoms with Crippen LogP contribution in [0.2, 0.25) is 0 Å². The van der Waals surface area contributed by atoms with Crippen molar-refractivity contribution >= 4 is 6.29 Å². The molecule has 4 heteroatoms. The van der Waals surface area contributed by atoms with E-state index < -0.39 is 0 Å². The Morgan fingerprint density at radius 2 is 1.55 bits per heavy atom. The quantitative estimate of drug-likeness (QED) is 0.737. The number of methoxy groups -OCH3 is 2. The molecule has 0 atom stereocenters. The molecular weight excluding hydrogens is 280 g/mol. The van der Waals surface area contributed by atoms with Gasteiger partial charge >= 0.3 is 0 Å². The lowest BCUT2D eigenvalue weighted by atomic mass is 9.92. The highest BCUT2D eigenvalue weighted by molar-refractivity contribution is 5.84. The summed E-state index contributed by atoms with van der Waals surface area (Å²) in [5, 5.41) is 0. The first-order valence-electron chi connectivity index (χ1n) is 8.12. The van der Waals surface area contributed by atoms with E-state index in [-0.39, 0.29) is 0 Å². The van der Waals surface area contributed by atoms with Gasteiger partial charge in [0.05, 0.1) is 26.4 Å². The van der Waals surface area contributed by atoms with Crippen molar-refractivity contribution in [3.63, 3.8) is 0 Å². The van der Waals surface area contributed by atoms with Gasteiger partial charge in [-0.2, -0.15) is 0 Å². The zero-order chi connectivity index (χ0) is 15.8. The standard InChI is InChI=1S/C18H26O4/c1-20-17-10-15(11-18(21-2)16(17)12-19)22-13-14-8-6-4-3-5-7-9-14/h10-12,14H,3-9,13H2,1-2H3. The topological polar surface area (TPSA) is 44.8 Å². The fraction of sp³-hybridized carbons (Fsp3) is 0.611. The Kier molecular flexibility index (Phi) is 6.56. The third-order valence-corrected chi connectivity index (χ3v) is 4.35. The first-order valence-corrected chi connectivity index (χ1v) is 8.12. The van der Waals surface area contributed by atoms with E-state index in [0.29, 0.717) is 35.3 Å². The van der Waals surface area contributed by atoms with Gasteiger partial charge in [-0.1, -0.05) is 32.1 Å². The number of carbonyl (C=O) groups is 1. The number of aldehydes is 1. The summed E-state index contributed by atoms with van der Waals surface area (Å²) in [6.07, 6.45) is 9.86. The maximum Gasteiger partial charge on any atom is 0.157 e. The van der Waals surface area contributed by atoms with Crippen LogP contribution >= 0.6 is 0 Å². The molecule has 1 aliphatic rings. The molecule has 1 aromatic carbocycles. The SMILES string of the molecule is COc1cc(OCC2CCCCCCC2)cc(OC)c1C=O. The van der Waals surface area contributed by atoms with Crippen LogP contribution in [0.4, 0.5) is 0 Å². The van der Waals surface area contributed by atoms with Crippen molar-refractivity contribution in [2.24, 2.45) is 5.92 Å². The molecule has 2 rings (SSSR count). The van der Waals surface area contributed by atoms with Gasteiger partial charge in [0.15, 0.2) is 6.29 Å². The van der Waals surface area contributed by atoms with Crippen LogP contribution in [-0.2, 0) is 0 Å². The third kappa shape index (κ3) is 4.39. The molecule has 4 nitrogen and oxygen atoms in total. The highest BCUT2D eigenvalue weighted by Gasteiger charge is 2.15. The smallest absolute Gasteiger partial charge is 0.157 e. The molecule has 0 heterocycles. The Morgan fingerprint density at radius 1 is 1.00 bits per heavy atom. The lowest BCUT2D eigenvalue weighted by Crippen LogP contribution is -2.14. The van der Waals surface area contributed by atoms with Gasteiger partial charge in [0, 0.05) is 12.1 Å². The van der Waals surface area contributed by atoms with Gasteiger partial charge in [-0.15, -0.1) is 0 Å². The maximum atomic E-state index is 11.2. The number of rotatable bonds is 6. The van der Waals surface area contributed by atoms with Crippen LogP contribution in [0.25, 0.3) is 0 Å². The molecule has 1 aliphatic carbocycles. The lowest BCUT2D eigenvalue weighted by molar-refractivity contribution is 0.111. The summed E-state index contributed by atoms with van der Waals surface area (Å²) in [4.78, 5) is 11.2. The Bertz CT molecular complexity index is 451. The largest absolute Gasteiger partial charge is 0.496 e. The van der Waals surface area contributed by atoms with Crippen molar-refractivity contribution < 1.29 is 19.0 Å². The molecule has 0 radical (unpaired) electrons. The molecule has 22 heavy (non-hydrogen) atoms. The molecule has 0 amide bonds. The summed E-state index contributed by atoms with van der Waals surface area (Å²) in [7, 11) is 3.08. The molecule has 1 fully saturated rings. The van der Waals surface area contributed by atoms with E-state index in [9.17, 15) is 4.79 Å². The monoisotopic (exact) mass is 306 g/mol. The average Bonchev–Trinajstić information content (AvgIpc) is 2.52. The van der Waals surface area contributed by atoms with Crippen molar-refractivity contribution in [1.29, 1.82) is 0 Å². The van der Waals surface area contributed by atoms with Gasteiger partial charge < -0.3 is 14.2 Å². The lowest BCUT2D eigenvalue weighted by Gasteiger charge is -2.20. The van der Waals surface area contributed by atoms with Crippen molar-refractivity contribution in [2.75, 3.05) is 20.8 Å². The minimum absolute atomic E-state index is 0.420. The fourth-order valence-corrected chi connectivity index (χ4v) is 3.04. The minimum atomic E-state index is 0.420. The molecule has 0 spiro atoms. The highest BCUT2D eigenvalue weighted by atomic mass is 16.5. The molecule has 0 saturated heterocycles. The predicted molar refractivity (Wildman–Crippen MR) is 86.2 cm³/mol. The van der Waals surface area contributed by atoms with Crippen LogP contribution < -0.4 is 14.2 Å². The molecule has 0 N–H and O–H groups in total. The molecule has 1 aromatic rings. The van der Waals surface area contributed by atoms with Crippen LogP contribution in [0.3, 0.4) is 0 Å². The number of ether oxygens (including phenoxy) is 3. The molecular formula is C18H26O4. The van der Waals surface area contributed by atoms with Crippen LogP contribution in [0, 0.1) is 5.92 Å². The summed E-state index contributed by atoms with van der Waals surface area (Å²) in [5.74, 6) is 2.29. The summed E-state index contributed by atoms with van der Waals surface area (Å²) in [5.41, 5.74) is 0.420. The number of hydrogen-bond donors (Lipinski definition) is 0. The van der Waals surface area contributed by atoms with Crippen LogP contribution in [0.15, 0.2) is 12.1 Å². The first-order chi connectivity index (χ1) is 10.8. The Labute approximate surface area is 132 Å². The second kappa shape index (κ2) is 8.66. The fourth-order valence-electron chi connectivity index (χ4n) is 3.04. The summed E-state index contributed by atoms with van der Waals surface area (Å²) >= 11 is 0. The Morgan fingerprint density at radius 3 is 2.05 bits per heavy atom. The van der Waals surface area contributed by atoms with E-state index >= 15 is 0 Å². The van der Waals surface area contributed by atoms with Gasteiger partial charge in [-0.25, -0.2) is 0 Å². The van der Waals surface area contributed by atoms with E-state index in [1.807, 2.05) is 0 Å². The molecule has 0 aliphatic heterocycles. The molecule has 0 aromatic heterocycles. The van der Waals surface area contributed by atoms with Gasteiger partial charge in [0.25, 0.3) is 0 Å². The van der Waals surface area contributed by atoms with E-state index in [1.165, 1.54) is 44.9 Å². The molecule has 0 unspecified atom stereocenters. The predicted octanol–water partition coefficient (Wildman–Crippen LogP) is 4.26. The number of benzene rings is 1. The van der Waals surface area contributed by atoms with Gasteiger partial charge in [0.1, 0.15) is 17.2 Å². The van der Waals surface area contributed by atoms with Gasteiger partial charge in [-0.05, 0) is 18.8 Å². The van der Waals surface area contributed by atoms with E-state index in [1.54, 1.807) is 26.4 Å². The van der Waals surface area contributed by atoms with Crippen molar-refractivity contribution in [3.8, 4) is 17.2 Å². The van der Waals surface area contributed by atoms with Gasteiger partial charge in [-0.3, -0.25) is 4.79 Å². The van der Waals surface area contributed by atoms with Crippen molar-refractivity contribution in [1.82, 2.24) is 0 Å². The minimum Gasteiger partial charge on any atom is -0.496 e. The Balaban J connectivity index is 2.03. The zero-order valence-electron chi connectivity index (χ0n) is 13.6. The molecule has 0 bridgehead atoms. The van der Waals surface area contributed by atoms with Crippen LogP contribution in [0.5, 0.6) is 17.2 Å². The van der Waals surface area contributed by atoms with E-state index in [4.69, 9.17) is 14.2 Å². The van der Waals surface area contributed by atoms with E-state index in [2.05, 4.69) is 0 Å². The van der Waals surface area contributed by atoms with Gasteiger partial charge in [0.2, 0.25) is 0 Å². The van der Waals surface area contributed by atoms with Crippen LogP contribution in [0.1, 0.15) is 55.3 Å². The normalized spacial score (nSPS) is 16.5. The average molecular weight is 306 g/mol. The summed E-state index contributed by atoms with van der Waals surface area (Å²) in [6.45, 7) is 0.715.